The molecule has 0 heterocycles. The highest BCUT2D eigenvalue weighted by molar-refractivity contribution is 7.87. The van der Waals surface area contributed by atoms with Crippen molar-refractivity contribution in [2.75, 3.05) is 12.3 Å². The molecule has 130 valence electrons. The molecule has 0 aliphatic carbocycles. The fraction of sp³-hybridized carbons (Fsp3) is 0.562. The first-order valence-electron chi connectivity index (χ1n) is 7.88. The summed E-state index contributed by atoms with van der Waals surface area (Å²) in [5.74, 6) is 0.180. The van der Waals surface area contributed by atoms with Gasteiger partial charge in [0.15, 0.2) is 0 Å². The molecular weight excluding hydrogens is 316 g/mol. The molecule has 0 aromatic heterocycles. The molecule has 0 saturated carbocycles. The van der Waals surface area contributed by atoms with Crippen LogP contribution in [0.1, 0.15) is 39.7 Å². The Kier molecular flexibility index (Phi) is 7.35. The summed E-state index contributed by atoms with van der Waals surface area (Å²) in [5, 5.41) is 2.80. The van der Waals surface area contributed by atoms with Gasteiger partial charge in [0.2, 0.25) is 0 Å². The van der Waals surface area contributed by atoms with E-state index in [1.807, 2.05) is 26.8 Å². The summed E-state index contributed by atoms with van der Waals surface area (Å²) < 4.78 is 28.1. The van der Waals surface area contributed by atoms with Crippen LogP contribution < -0.4 is 9.50 Å². The summed E-state index contributed by atoms with van der Waals surface area (Å²) >= 11 is 0. The molecule has 1 N–H and O–H groups in total. The fourth-order valence-corrected chi connectivity index (χ4v) is 2.51. The van der Waals surface area contributed by atoms with Crippen LogP contribution in [0.15, 0.2) is 24.3 Å². The number of urea groups is 1. The molecule has 1 rings (SSSR count). The van der Waals surface area contributed by atoms with E-state index in [2.05, 4.69) is 5.32 Å². The Balaban J connectivity index is 2.94. The molecule has 0 spiro atoms. The number of carbonyl (C=O) groups excluding carboxylic acids is 1. The second-order valence-corrected chi connectivity index (χ2v) is 7.16. The number of amides is 2. The van der Waals surface area contributed by atoms with Crippen molar-refractivity contribution in [3.05, 3.63) is 29.8 Å². The number of rotatable bonds is 8. The zero-order chi connectivity index (χ0) is 17.5. The number of nitrogens with one attached hydrogen (secondary N) is 1. The van der Waals surface area contributed by atoms with Crippen molar-refractivity contribution in [3.63, 3.8) is 0 Å². The lowest BCUT2D eigenvalue weighted by atomic mass is 10.1. The first-order valence-corrected chi connectivity index (χ1v) is 9.46. The molecule has 7 heteroatoms. The maximum absolute atomic E-state index is 12.2. The second-order valence-electron chi connectivity index (χ2n) is 5.30. The van der Waals surface area contributed by atoms with Gasteiger partial charge in [-0.1, -0.05) is 19.1 Å². The predicted molar refractivity (Wildman–Crippen MR) is 90.9 cm³/mol. The van der Waals surface area contributed by atoms with E-state index in [-0.39, 0.29) is 23.6 Å². The van der Waals surface area contributed by atoms with Crippen molar-refractivity contribution in [1.82, 2.24) is 10.2 Å². The van der Waals surface area contributed by atoms with Gasteiger partial charge in [-0.2, -0.15) is 8.42 Å². The summed E-state index contributed by atoms with van der Waals surface area (Å²) in [7, 11) is -3.56. The zero-order valence-corrected chi connectivity index (χ0v) is 15.0. The molecular formula is C16H26N2O4S. The smallest absolute Gasteiger partial charge is 0.317 e. The molecule has 23 heavy (non-hydrogen) atoms. The van der Waals surface area contributed by atoms with Crippen LogP contribution in [0, 0.1) is 0 Å². The van der Waals surface area contributed by atoms with Crippen molar-refractivity contribution >= 4 is 16.1 Å². The Hall–Kier alpha value is -1.76. The summed E-state index contributed by atoms with van der Waals surface area (Å²) in [6.45, 7) is 8.35. The third-order valence-electron chi connectivity index (χ3n) is 3.54. The van der Waals surface area contributed by atoms with Gasteiger partial charge in [-0.3, -0.25) is 0 Å². The summed E-state index contributed by atoms with van der Waals surface area (Å²) in [6.07, 6.45) is 0.831. The van der Waals surface area contributed by atoms with E-state index in [1.165, 1.54) is 6.92 Å². The number of nitrogens with zero attached hydrogens (tertiary/aromatic N) is 1. The molecule has 1 atom stereocenters. The quantitative estimate of drug-likeness (QED) is 0.737. The maximum Gasteiger partial charge on any atom is 0.317 e. The lowest BCUT2D eigenvalue weighted by molar-refractivity contribution is 0.174. The van der Waals surface area contributed by atoms with E-state index in [9.17, 15) is 13.2 Å². The molecule has 0 aliphatic heterocycles. The third-order valence-corrected chi connectivity index (χ3v) is 4.69. The van der Waals surface area contributed by atoms with Gasteiger partial charge in [0.05, 0.1) is 5.75 Å². The maximum atomic E-state index is 12.2. The van der Waals surface area contributed by atoms with Crippen LogP contribution in [0.3, 0.4) is 0 Å². The zero-order valence-electron chi connectivity index (χ0n) is 14.2. The van der Waals surface area contributed by atoms with E-state index >= 15 is 0 Å². The van der Waals surface area contributed by atoms with Crippen molar-refractivity contribution in [3.8, 4) is 5.75 Å². The summed E-state index contributed by atoms with van der Waals surface area (Å²) in [5.41, 5.74) is 0.820. The Bertz CT molecular complexity index is 616. The van der Waals surface area contributed by atoms with Gasteiger partial charge in [-0.25, -0.2) is 4.79 Å². The van der Waals surface area contributed by atoms with Gasteiger partial charge >= 0.3 is 16.1 Å². The minimum atomic E-state index is -3.56. The Labute approximate surface area is 138 Å². The van der Waals surface area contributed by atoms with Gasteiger partial charge in [0.1, 0.15) is 5.75 Å². The van der Waals surface area contributed by atoms with Crippen LogP contribution >= 0.6 is 0 Å². The molecule has 0 fully saturated rings. The Morgan fingerprint density at radius 2 is 2.00 bits per heavy atom. The monoisotopic (exact) mass is 342 g/mol. The van der Waals surface area contributed by atoms with Gasteiger partial charge in [-0.15, -0.1) is 0 Å². The minimum Gasteiger partial charge on any atom is -0.382 e. The molecule has 0 saturated heterocycles. The highest BCUT2D eigenvalue weighted by Crippen LogP contribution is 2.18. The number of carbonyl (C=O) groups is 1. The number of benzene rings is 1. The van der Waals surface area contributed by atoms with E-state index in [0.29, 0.717) is 13.1 Å². The van der Waals surface area contributed by atoms with Gasteiger partial charge < -0.3 is 14.4 Å². The molecule has 6 nitrogen and oxygen atoms in total. The van der Waals surface area contributed by atoms with E-state index in [1.54, 1.807) is 23.1 Å². The van der Waals surface area contributed by atoms with E-state index < -0.39 is 10.1 Å². The molecule has 1 aromatic rings. The van der Waals surface area contributed by atoms with Crippen LogP contribution in [-0.4, -0.2) is 37.7 Å². The lowest BCUT2D eigenvalue weighted by Crippen LogP contribution is -2.44. The highest BCUT2D eigenvalue weighted by atomic mass is 32.2. The minimum absolute atomic E-state index is 0.0745. The molecule has 0 bridgehead atoms. The van der Waals surface area contributed by atoms with Crippen LogP contribution in [0.5, 0.6) is 5.75 Å². The van der Waals surface area contributed by atoms with E-state index in [4.69, 9.17) is 4.18 Å². The van der Waals surface area contributed by atoms with Crippen molar-refractivity contribution in [2.45, 2.75) is 46.7 Å². The van der Waals surface area contributed by atoms with Gasteiger partial charge in [-0.05, 0) is 44.9 Å². The Morgan fingerprint density at radius 3 is 2.57 bits per heavy atom. The molecule has 0 aliphatic rings. The molecule has 0 radical (unpaired) electrons. The lowest BCUT2D eigenvalue weighted by Gasteiger charge is -2.28. The summed E-state index contributed by atoms with van der Waals surface area (Å²) in [4.78, 5) is 13.9. The average molecular weight is 342 g/mol. The average Bonchev–Trinajstić information content (AvgIpc) is 2.52. The first-order chi connectivity index (χ1) is 10.8. The van der Waals surface area contributed by atoms with Gasteiger partial charge in [0, 0.05) is 19.1 Å². The Morgan fingerprint density at radius 1 is 1.30 bits per heavy atom. The standard InChI is InChI=1S/C16H26N2O4S/c1-5-13(4)18(16(19)17-6-2)12-14-9-8-10-15(11-14)22-23(20,21)7-3/h8-11,13H,5-7,12H2,1-4H3,(H,17,19). The summed E-state index contributed by atoms with van der Waals surface area (Å²) in [6, 6.07) is 6.76. The molecule has 1 aromatic carbocycles. The highest BCUT2D eigenvalue weighted by Gasteiger charge is 2.19. The van der Waals surface area contributed by atoms with Crippen LogP contribution in [0.4, 0.5) is 4.79 Å². The number of hydrogen-bond acceptors (Lipinski definition) is 4. The van der Waals surface area contributed by atoms with Gasteiger partial charge in [0.25, 0.3) is 0 Å². The van der Waals surface area contributed by atoms with Crippen molar-refractivity contribution in [2.24, 2.45) is 0 Å². The van der Waals surface area contributed by atoms with Crippen molar-refractivity contribution in [1.29, 1.82) is 0 Å². The fourth-order valence-electron chi connectivity index (χ4n) is 2.00. The normalized spacial score (nSPS) is 12.5. The third kappa shape index (κ3) is 6.09. The van der Waals surface area contributed by atoms with Crippen molar-refractivity contribution < 1.29 is 17.4 Å². The second kappa shape index (κ2) is 8.76. The molecule has 2 amide bonds. The van der Waals surface area contributed by atoms with Crippen LogP contribution in [0.25, 0.3) is 0 Å². The molecule has 1 unspecified atom stereocenters. The van der Waals surface area contributed by atoms with Crippen LogP contribution in [0.2, 0.25) is 0 Å². The van der Waals surface area contributed by atoms with E-state index in [0.717, 1.165) is 12.0 Å². The predicted octanol–water partition coefficient (Wildman–Crippen LogP) is 2.75. The SMILES string of the molecule is CCNC(=O)N(Cc1cccc(OS(=O)(=O)CC)c1)C(C)CC. The number of hydrogen-bond donors (Lipinski definition) is 1. The largest absolute Gasteiger partial charge is 0.382 e. The van der Waals surface area contributed by atoms with Crippen LogP contribution in [-0.2, 0) is 16.7 Å². The topological polar surface area (TPSA) is 75.7 Å². The first kappa shape index (κ1) is 19.3.